The van der Waals surface area contributed by atoms with Gasteiger partial charge in [-0.1, -0.05) is 39.8 Å². The molecule has 0 aliphatic rings. The van der Waals surface area contributed by atoms with Crippen LogP contribution in [-0.2, 0) is 28.8 Å². The van der Waals surface area contributed by atoms with Crippen molar-refractivity contribution in [2.24, 2.45) is 11.8 Å². The summed E-state index contributed by atoms with van der Waals surface area (Å²) in [5.74, 6) is -22.3. The third-order valence-electron chi connectivity index (χ3n) is 7.49. The van der Waals surface area contributed by atoms with Crippen LogP contribution in [0.3, 0.4) is 0 Å². The summed E-state index contributed by atoms with van der Waals surface area (Å²) in [5, 5.41) is 82.3. The van der Waals surface area contributed by atoms with E-state index in [4.69, 9.17) is 0 Å². The normalized spacial score (nSPS) is 12.9. The van der Waals surface area contributed by atoms with E-state index < -0.39 is 105 Å². The molecule has 0 bridgehead atoms. The van der Waals surface area contributed by atoms with Gasteiger partial charge in [0.05, 0.1) is 11.8 Å². The van der Waals surface area contributed by atoms with Gasteiger partial charge < -0.3 is 40.9 Å². The first-order chi connectivity index (χ1) is 20.2. The maximum absolute atomic E-state index is 12.2. The summed E-state index contributed by atoms with van der Waals surface area (Å²) >= 11 is 0. The van der Waals surface area contributed by atoms with Gasteiger partial charge in [-0.3, -0.25) is 28.8 Å². The minimum Gasteiger partial charge on any atom is -0.507 e. The van der Waals surface area contributed by atoms with Gasteiger partial charge in [0.15, 0.2) is 11.8 Å². The molecule has 0 heterocycles. The summed E-state index contributed by atoms with van der Waals surface area (Å²) in [4.78, 5) is 73.0. The number of hydrogen-bond acceptors (Lipinski definition) is 8. The van der Waals surface area contributed by atoms with E-state index in [9.17, 15) is 69.6 Å². The average molecular weight is 619 g/mol. The van der Waals surface area contributed by atoms with Gasteiger partial charge in [0.25, 0.3) is 0 Å². The first-order valence-corrected chi connectivity index (χ1v) is 13.3. The molecule has 2 aromatic carbocycles. The van der Waals surface area contributed by atoms with Gasteiger partial charge in [0.1, 0.15) is 11.5 Å². The maximum Gasteiger partial charge on any atom is 0.322 e. The molecule has 0 amide bonds. The SMILES string of the molecule is Cc1cc(C(C(=O)O)C(C)C)c(C(C(=O)O)C(=O)O)c(O)c1-c1c(C)cc(C(C(=O)O)C(C)C)c(C(C(=O)O)C(=O)O)c1O. The number of phenols is 2. The van der Waals surface area contributed by atoms with Crippen molar-refractivity contribution in [1.29, 1.82) is 0 Å². The van der Waals surface area contributed by atoms with Crippen LogP contribution < -0.4 is 0 Å². The second-order valence-electron chi connectivity index (χ2n) is 11.2. The maximum atomic E-state index is 12.2. The van der Waals surface area contributed by atoms with Crippen molar-refractivity contribution < 1.29 is 69.6 Å². The van der Waals surface area contributed by atoms with E-state index in [-0.39, 0.29) is 22.3 Å². The molecule has 0 radical (unpaired) electrons. The van der Waals surface area contributed by atoms with Crippen molar-refractivity contribution in [1.82, 2.24) is 0 Å². The van der Waals surface area contributed by atoms with Gasteiger partial charge in [-0.25, -0.2) is 0 Å². The molecule has 0 aliphatic carbocycles. The fourth-order valence-electron chi connectivity index (χ4n) is 5.69. The third kappa shape index (κ3) is 6.28. The Kier molecular flexibility index (Phi) is 10.4. The van der Waals surface area contributed by atoms with E-state index in [1.54, 1.807) is 0 Å². The molecule has 2 aromatic rings. The molecule has 0 fully saturated rings. The van der Waals surface area contributed by atoms with Crippen LogP contribution in [0.5, 0.6) is 11.5 Å². The number of carbonyl (C=O) groups is 6. The lowest BCUT2D eigenvalue weighted by Gasteiger charge is -2.28. The number of hydrogen-bond donors (Lipinski definition) is 8. The van der Waals surface area contributed by atoms with Crippen LogP contribution in [0.25, 0.3) is 11.1 Å². The summed E-state index contributed by atoms with van der Waals surface area (Å²) in [7, 11) is 0. The van der Waals surface area contributed by atoms with Gasteiger partial charge in [0, 0.05) is 22.3 Å². The highest BCUT2D eigenvalue weighted by atomic mass is 16.4. The van der Waals surface area contributed by atoms with E-state index in [1.807, 2.05) is 0 Å². The predicted octanol–water partition coefficient (Wildman–Crippen LogP) is 3.54. The predicted molar refractivity (Wildman–Crippen MR) is 151 cm³/mol. The molecule has 14 heteroatoms. The molecule has 0 saturated carbocycles. The molecule has 14 nitrogen and oxygen atoms in total. The molecule has 238 valence electrons. The van der Waals surface area contributed by atoms with Gasteiger partial charge in [-0.2, -0.15) is 0 Å². The number of benzene rings is 2. The monoisotopic (exact) mass is 618 g/mol. The Hall–Kier alpha value is -5.14. The van der Waals surface area contributed by atoms with Crippen LogP contribution >= 0.6 is 0 Å². The second kappa shape index (κ2) is 13.0. The average Bonchev–Trinajstić information content (AvgIpc) is 2.83. The Morgan fingerprint density at radius 3 is 0.932 bits per heavy atom. The highest BCUT2D eigenvalue weighted by molar-refractivity contribution is 6.04. The third-order valence-corrected chi connectivity index (χ3v) is 7.49. The van der Waals surface area contributed by atoms with Gasteiger partial charge in [-0.15, -0.1) is 0 Å². The Balaban J connectivity index is 3.33. The van der Waals surface area contributed by atoms with Crippen molar-refractivity contribution in [2.45, 2.75) is 65.2 Å². The number of carboxylic acid groups (broad SMARTS) is 6. The molecule has 2 atom stereocenters. The van der Waals surface area contributed by atoms with Crippen molar-refractivity contribution in [3.8, 4) is 22.6 Å². The van der Waals surface area contributed by atoms with Gasteiger partial charge in [-0.05, 0) is 47.9 Å². The molecule has 0 spiro atoms. The molecule has 0 saturated heterocycles. The summed E-state index contributed by atoms with van der Waals surface area (Å²) in [6.45, 7) is 8.56. The lowest BCUT2D eigenvalue weighted by molar-refractivity contribution is -0.152. The number of rotatable bonds is 13. The zero-order valence-corrected chi connectivity index (χ0v) is 24.6. The van der Waals surface area contributed by atoms with Crippen LogP contribution in [0.2, 0.25) is 0 Å². The van der Waals surface area contributed by atoms with Gasteiger partial charge >= 0.3 is 35.8 Å². The van der Waals surface area contributed by atoms with Crippen LogP contribution in [0, 0.1) is 25.7 Å². The minimum atomic E-state index is -2.49. The molecular formula is C30H34O14. The van der Waals surface area contributed by atoms with E-state index in [0.717, 1.165) is 12.1 Å². The van der Waals surface area contributed by atoms with Crippen LogP contribution in [0.4, 0.5) is 0 Å². The van der Waals surface area contributed by atoms with E-state index in [2.05, 4.69) is 0 Å². The highest BCUT2D eigenvalue weighted by Crippen LogP contribution is 2.51. The Morgan fingerprint density at radius 2 is 0.750 bits per heavy atom. The number of phenolic OH excluding ortho intramolecular Hbond substituents is 2. The molecule has 2 unspecified atom stereocenters. The van der Waals surface area contributed by atoms with Crippen LogP contribution in [0.15, 0.2) is 12.1 Å². The van der Waals surface area contributed by atoms with Crippen molar-refractivity contribution >= 4 is 35.8 Å². The topological polar surface area (TPSA) is 264 Å². The van der Waals surface area contributed by atoms with E-state index in [0.29, 0.717) is 0 Å². The zero-order valence-electron chi connectivity index (χ0n) is 24.6. The number of carboxylic acids is 6. The van der Waals surface area contributed by atoms with E-state index in [1.165, 1.54) is 41.5 Å². The standard InChI is InChI=1S/C30H34O14/c1-9(2)15(25(33)34)13-7-11(5)17(23(31)19(13)21(27(37)38)28(39)40)18-12(6)8-14(16(10(3)4)26(35)36)20(24(18)32)22(29(41)42)30(43)44/h7-10,15-16,21-22,31-32H,1-6H3,(H,33,34)(H,35,36)(H,37,38)(H,39,40)(H,41,42)(H,43,44). The van der Waals surface area contributed by atoms with Crippen molar-refractivity contribution in [3.05, 3.63) is 45.5 Å². The molecular weight excluding hydrogens is 584 g/mol. The largest absolute Gasteiger partial charge is 0.507 e. The number of aliphatic carboxylic acids is 6. The quantitative estimate of drug-likeness (QED) is 0.149. The zero-order chi connectivity index (χ0) is 34.1. The van der Waals surface area contributed by atoms with Crippen LogP contribution in [-0.4, -0.2) is 76.7 Å². The highest BCUT2D eigenvalue weighted by Gasteiger charge is 2.42. The lowest BCUT2D eigenvalue weighted by Crippen LogP contribution is -2.27. The number of aryl methyl sites for hydroxylation is 2. The van der Waals surface area contributed by atoms with Crippen molar-refractivity contribution in [3.63, 3.8) is 0 Å². The molecule has 2 rings (SSSR count). The summed E-state index contributed by atoms with van der Waals surface area (Å²) in [6, 6.07) is 2.27. The summed E-state index contributed by atoms with van der Waals surface area (Å²) < 4.78 is 0. The van der Waals surface area contributed by atoms with Crippen molar-refractivity contribution in [2.75, 3.05) is 0 Å². The Labute approximate surface area is 250 Å². The first kappa shape index (κ1) is 35.1. The fourth-order valence-corrected chi connectivity index (χ4v) is 5.69. The minimum absolute atomic E-state index is 0.0133. The summed E-state index contributed by atoms with van der Waals surface area (Å²) in [6.07, 6.45) is 0. The second-order valence-corrected chi connectivity index (χ2v) is 11.2. The molecule has 0 aromatic heterocycles. The first-order valence-electron chi connectivity index (χ1n) is 13.3. The smallest absolute Gasteiger partial charge is 0.322 e. The Morgan fingerprint density at radius 1 is 0.500 bits per heavy atom. The molecule has 44 heavy (non-hydrogen) atoms. The molecule has 0 aliphatic heterocycles. The summed E-state index contributed by atoms with van der Waals surface area (Å²) in [5.41, 5.74) is -3.19. The van der Waals surface area contributed by atoms with E-state index >= 15 is 0 Å². The van der Waals surface area contributed by atoms with Gasteiger partial charge in [0.2, 0.25) is 0 Å². The molecule has 8 N–H and O–H groups in total. The number of aromatic hydroxyl groups is 2. The Bertz CT molecular complexity index is 1410. The fraction of sp³-hybridized carbons (Fsp3) is 0.400. The lowest BCUT2D eigenvalue weighted by atomic mass is 9.75. The van der Waals surface area contributed by atoms with Crippen LogP contribution in [0.1, 0.15) is 84.7 Å².